The Hall–Kier alpha value is -3.39. The van der Waals surface area contributed by atoms with Crippen molar-refractivity contribution in [2.45, 2.75) is 31.8 Å². The zero-order chi connectivity index (χ0) is 22.9. The van der Waals surface area contributed by atoms with E-state index in [0.29, 0.717) is 40.7 Å². The number of carbonyl (C=O) groups excluding carboxylic acids is 2. The lowest BCUT2D eigenvalue weighted by Crippen LogP contribution is -2.19. The van der Waals surface area contributed by atoms with E-state index in [1.54, 1.807) is 31.2 Å². The van der Waals surface area contributed by atoms with E-state index in [1.807, 2.05) is 37.3 Å². The molecule has 0 atom stereocenters. The second-order valence-electron chi connectivity index (χ2n) is 7.15. The Kier molecular flexibility index (Phi) is 8.21. The van der Waals surface area contributed by atoms with Crippen LogP contribution in [0.25, 0.3) is 0 Å². The number of nitrogens with zero attached hydrogens (tertiary/aromatic N) is 1. The molecule has 1 heterocycles. The molecule has 1 amide bonds. The molecule has 0 aliphatic carbocycles. The van der Waals surface area contributed by atoms with Crippen molar-refractivity contribution in [3.63, 3.8) is 0 Å². The van der Waals surface area contributed by atoms with E-state index < -0.39 is 5.97 Å². The van der Waals surface area contributed by atoms with E-state index in [0.717, 1.165) is 23.7 Å². The van der Waals surface area contributed by atoms with Crippen LogP contribution in [0.1, 0.15) is 40.5 Å². The number of nitrogens with one attached hydrogen (secondary N) is 2. The largest absolute Gasteiger partial charge is 0.462 e. The maximum atomic E-state index is 12.5. The summed E-state index contributed by atoms with van der Waals surface area (Å²) in [5.41, 5.74) is 2.94. The minimum absolute atomic E-state index is 0.0604. The van der Waals surface area contributed by atoms with Gasteiger partial charge in [0, 0.05) is 23.4 Å². The second kappa shape index (κ2) is 11.3. The molecule has 0 bridgehead atoms. The van der Waals surface area contributed by atoms with E-state index in [1.165, 1.54) is 0 Å². The second-order valence-corrected chi connectivity index (χ2v) is 8.12. The third-order valence-electron chi connectivity index (χ3n) is 4.58. The maximum Gasteiger partial charge on any atom is 0.338 e. The van der Waals surface area contributed by atoms with Crippen molar-refractivity contribution < 1.29 is 14.3 Å². The molecule has 7 nitrogen and oxygen atoms in total. The zero-order valence-electron chi connectivity index (χ0n) is 18.0. The summed E-state index contributed by atoms with van der Waals surface area (Å²) in [6.45, 7) is 4.06. The molecule has 32 heavy (non-hydrogen) atoms. The highest BCUT2D eigenvalue weighted by Gasteiger charge is 2.12. The number of H-pyrrole nitrogens is 1. The number of ether oxygens (including phenoxy) is 1. The van der Waals surface area contributed by atoms with Crippen LogP contribution >= 0.6 is 11.8 Å². The van der Waals surface area contributed by atoms with Crippen LogP contribution in [0.2, 0.25) is 0 Å². The van der Waals surface area contributed by atoms with Gasteiger partial charge < -0.3 is 15.0 Å². The lowest BCUT2D eigenvalue weighted by Gasteiger charge is -2.09. The lowest BCUT2D eigenvalue weighted by molar-refractivity contribution is -0.113. The molecule has 0 fully saturated rings. The van der Waals surface area contributed by atoms with E-state index in [2.05, 4.69) is 15.3 Å². The first-order chi connectivity index (χ1) is 15.5. The topological polar surface area (TPSA) is 101 Å². The molecule has 0 aliphatic rings. The van der Waals surface area contributed by atoms with Crippen LogP contribution in [0.5, 0.6) is 0 Å². The number of thioether (sulfide) groups is 1. The van der Waals surface area contributed by atoms with Gasteiger partial charge in [0.15, 0.2) is 5.16 Å². The molecule has 0 saturated heterocycles. The standard InChI is InChI=1S/C24H25N3O4S/c1-3-12-31-23(30)18-10-7-11-19(14-18)26-21(28)15-32-24-25-16(2)20(22(29)27-24)13-17-8-5-4-6-9-17/h4-11,14H,3,12-13,15H2,1-2H3,(H,26,28)(H,25,27,29). The summed E-state index contributed by atoms with van der Waals surface area (Å²) < 4.78 is 5.11. The van der Waals surface area contributed by atoms with E-state index >= 15 is 0 Å². The smallest absolute Gasteiger partial charge is 0.338 e. The summed E-state index contributed by atoms with van der Waals surface area (Å²) in [7, 11) is 0. The van der Waals surface area contributed by atoms with Crippen LogP contribution in [-0.4, -0.2) is 34.2 Å². The normalized spacial score (nSPS) is 10.6. The summed E-state index contributed by atoms with van der Waals surface area (Å²) in [5.74, 6) is -0.641. The molecule has 166 valence electrons. The zero-order valence-corrected chi connectivity index (χ0v) is 18.8. The van der Waals surface area contributed by atoms with Gasteiger partial charge >= 0.3 is 5.97 Å². The molecule has 2 aromatic carbocycles. The average Bonchev–Trinajstić information content (AvgIpc) is 2.79. The SMILES string of the molecule is CCCOC(=O)c1cccc(NC(=O)CSc2nc(C)c(Cc3ccccc3)c(=O)[nH]2)c1. The van der Waals surface area contributed by atoms with Crippen molar-refractivity contribution in [2.24, 2.45) is 0 Å². The minimum atomic E-state index is -0.426. The predicted octanol–water partition coefficient (Wildman–Crippen LogP) is 3.97. The van der Waals surface area contributed by atoms with Gasteiger partial charge in [-0.2, -0.15) is 0 Å². The van der Waals surface area contributed by atoms with Gasteiger partial charge in [-0.3, -0.25) is 9.59 Å². The monoisotopic (exact) mass is 451 g/mol. The molecular formula is C24H25N3O4S. The van der Waals surface area contributed by atoms with Gasteiger partial charge in [0.1, 0.15) is 0 Å². The van der Waals surface area contributed by atoms with Gasteiger partial charge in [0.2, 0.25) is 5.91 Å². The van der Waals surface area contributed by atoms with Crippen LogP contribution in [-0.2, 0) is 16.0 Å². The van der Waals surface area contributed by atoms with Crippen LogP contribution in [0, 0.1) is 6.92 Å². The van der Waals surface area contributed by atoms with Gasteiger partial charge in [-0.1, -0.05) is 55.1 Å². The Morgan fingerprint density at radius 1 is 1.12 bits per heavy atom. The van der Waals surface area contributed by atoms with Gasteiger partial charge in [-0.25, -0.2) is 9.78 Å². The van der Waals surface area contributed by atoms with Crippen molar-refractivity contribution in [2.75, 3.05) is 17.7 Å². The van der Waals surface area contributed by atoms with Crippen molar-refractivity contribution in [1.29, 1.82) is 0 Å². The summed E-state index contributed by atoms with van der Waals surface area (Å²) >= 11 is 1.14. The van der Waals surface area contributed by atoms with Gasteiger partial charge in [0.25, 0.3) is 5.56 Å². The predicted molar refractivity (Wildman–Crippen MR) is 125 cm³/mol. The van der Waals surface area contributed by atoms with Crippen molar-refractivity contribution in [3.8, 4) is 0 Å². The summed E-state index contributed by atoms with van der Waals surface area (Å²) in [6, 6.07) is 16.3. The summed E-state index contributed by atoms with van der Waals surface area (Å²) in [6.07, 6.45) is 1.24. The fourth-order valence-electron chi connectivity index (χ4n) is 2.99. The number of aromatic nitrogens is 2. The van der Waals surface area contributed by atoms with Crippen LogP contribution < -0.4 is 10.9 Å². The highest BCUT2D eigenvalue weighted by atomic mass is 32.2. The lowest BCUT2D eigenvalue weighted by atomic mass is 10.1. The maximum absolute atomic E-state index is 12.5. The Balaban J connectivity index is 1.59. The van der Waals surface area contributed by atoms with Crippen LogP contribution in [0.3, 0.4) is 0 Å². The third-order valence-corrected chi connectivity index (χ3v) is 5.46. The van der Waals surface area contributed by atoms with E-state index in [4.69, 9.17) is 4.74 Å². The molecule has 0 aliphatic heterocycles. The number of carbonyl (C=O) groups is 2. The number of benzene rings is 2. The van der Waals surface area contributed by atoms with Crippen molar-refractivity contribution in [3.05, 3.63) is 87.3 Å². The number of hydrogen-bond donors (Lipinski definition) is 2. The molecule has 2 N–H and O–H groups in total. The fraction of sp³-hybridized carbons (Fsp3) is 0.250. The minimum Gasteiger partial charge on any atom is -0.462 e. The van der Waals surface area contributed by atoms with Crippen molar-refractivity contribution in [1.82, 2.24) is 9.97 Å². The number of hydrogen-bond acceptors (Lipinski definition) is 6. The first kappa shape index (κ1) is 23.3. The molecule has 0 unspecified atom stereocenters. The average molecular weight is 452 g/mol. The first-order valence-corrected chi connectivity index (χ1v) is 11.3. The summed E-state index contributed by atoms with van der Waals surface area (Å²) in [5, 5.41) is 3.13. The molecule has 3 aromatic rings. The molecule has 0 spiro atoms. The molecule has 1 aromatic heterocycles. The van der Waals surface area contributed by atoms with Gasteiger partial charge in [0.05, 0.1) is 17.9 Å². The molecule has 8 heteroatoms. The number of aromatic amines is 1. The number of esters is 1. The molecule has 0 radical (unpaired) electrons. The Labute approximate surface area is 190 Å². The van der Waals surface area contributed by atoms with Crippen LogP contribution in [0.15, 0.2) is 64.5 Å². The van der Waals surface area contributed by atoms with Gasteiger partial charge in [-0.05, 0) is 37.1 Å². The Morgan fingerprint density at radius 2 is 1.91 bits per heavy atom. The van der Waals surface area contributed by atoms with Gasteiger partial charge in [-0.15, -0.1) is 0 Å². The highest BCUT2D eigenvalue weighted by Crippen LogP contribution is 2.16. The molecule has 3 rings (SSSR count). The molecule has 0 saturated carbocycles. The number of aryl methyl sites for hydroxylation is 1. The Morgan fingerprint density at radius 3 is 2.62 bits per heavy atom. The highest BCUT2D eigenvalue weighted by molar-refractivity contribution is 7.99. The number of anilines is 1. The fourth-order valence-corrected chi connectivity index (χ4v) is 3.70. The molecular weight excluding hydrogens is 426 g/mol. The van der Waals surface area contributed by atoms with Crippen LogP contribution in [0.4, 0.5) is 5.69 Å². The summed E-state index contributed by atoms with van der Waals surface area (Å²) in [4.78, 5) is 44.0. The number of amides is 1. The Bertz CT molecular complexity index is 1150. The number of rotatable bonds is 9. The van der Waals surface area contributed by atoms with Crippen molar-refractivity contribution >= 4 is 29.3 Å². The van der Waals surface area contributed by atoms with E-state index in [-0.39, 0.29) is 17.2 Å². The third kappa shape index (κ3) is 6.55. The quantitative estimate of drug-likeness (QED) is 0.290. The van der Waals surface area contributed by atoms with E-state index in [9.17, 15) is 14.4 Å². The first-order valence-electron chi connectivity index (χ1n) is 10.3.